The van der Waals surface area contributed by atoms with Crippen molar-refractivity contribution in [1.82, 2.24) is 0 Å². The quantitative estimate of drug-likeness (QED) is 0.590. The minimum Gasteiger partial charge on any atom is -0.464 e. The normalized spacial score (nSPS) is 18.8. The van der Waals surface area contributed by atoms with Gasteiger partial charge in [0.2, 0.25) is 0 Å². The van der Waals surface area contributed by atoms with Gasteiger partial charge in [-0.15, -0.1) is 0 Å². The zero-order chi connectivity index (χ0) is 8.97. The third-order valence-corrected chi connectivity index (χ3v) is 1.81. The van der Waals surface area contributed by atoms with E-state index in [2.05, 4.69) is 0 Å². The van der Waals surface area contributed by atoms with E-state index in [1.807, 2.05) is 0 Å². The van der Waals surface area contributed by atoms with Crippen LogP contribution < -0.4 is 5.73 Å². The second kappa shape index (κ2) is 4.42. The Kier molecular flexibility index (Phi) is 3.49. The summed E-state index contributed by atoms with van der Waals surface area (Å²) in [6.45, 7) is 0.750. The summed E-state index contributed by atoms with van der Waals surface area (Å²) in [5.74, 6) is 0.229. The predicted molar refractivity (Wildman–Crippen MR) is 43.5 cm³/mol. The van der Waals surface area contributed by atoms with Crippen molar-refractivity contribution in [3.05, 3.63) is 0 Å². The summed E-state index contributed by atoms with van der Waals surface area (Å²) < 4.78 is 9.66. The third-order valence-electron chi connectivity index (χ3n) is 1.81. The van der Waals surface area contributed by atoms with Crippen LogP contribution in [0.15, 0.2) is 0 Å². The van der Waals surface area contributed by atoms with Crippen LogP contribution >= 0.6 is 0 Å². The van der Waals surface area contributed by atoms with E-state index in [4.69, 9.17) is 15.2 Å². The van der Waals surface area contributed by atoms with Crippen LogP contribution in [0.3, 0.4) is 0 Å². The van der Waals surface area contributed by atoms with Crippen molar-refractivity contribution in [3.63, 3.8) is 0 Å². The van der Waals surface area contributed by atoms with Gasteiger partial charge >= 0.3 is 5.97 Å². The standard InChI is InChI=1S/C8H15NO3/c1-11-5-7(9)8(10)12-4-6-2-3-6/h6-7H,2-5,9H2,1H3. The molecule has 0 aromatic heterocycles. The zero-order valence-corrected chi connectivity index (χ0v) is 7.29. The first-order valence-electron chi connectivity index (χ1n) is 4.15. The SMILES string of the molecule is COCC(N)C(=O)OCC1CC1. The van der Waals surface area contributed by atoms with Crippen LogP contribution in [0.4, 0.5) is 0 Å². The Bertz CT molecular complexity index is 156. The van der Waals surface area contributed by atoms with Crippen LogP contribution in [0.5, 0.6) is 0 Å². The number of esters is 1. The van der Waals surface area contributed by atoms with Crippen LogP contribution in [0.25, 0.3) is 0 Å². The lowest BCUT2D eigenvalue weighted by Gasteiger charge is -2.09. The molecule has 70 valence electrons. The molecule has 0 spiro atoms. The Morgan fingerprint density at radius 1 is 1.67 bits per heavy atom. The Hall–Kier alpha value is -0.610. The highest BCUT2D eigenvalue weighted by Gasteiger charge is 2.24. The molecule has 1 aliphatic rings. The largest absolute Gasteiger partial charge is 0.464 e. The molecule has 0 saturated heterocycles. The number of rotatable bonds is 5. The second-order valence-electron chi connectivity index (χ2n) is 3.14. The lowest BCUT2D eigenvalue weighted by molar-refractivity contribution is -0.146. The van der Waals surface area contributed by atoms with Crippen LogP contribution in [-0.2, 0) is 14.3 Å². The molecule has 0 aromatic carbocycles. The molecule has 1 aliphatic carbocycles. The van der Waals surface area contributed by atoms with E-state index >= 15 is 0 Å². The molecular formula is C8H15NO3. The highest BCUT2D eigenvalue weighted by Crippen LogP contribution is 2.28. The summed E-state index contributed by atoms with van der Waals surface area (Å²) in [7, 11) is 1.51. The smallest absolute Gasteiger partial charge is 0.325 e. The highest BCUT2D eigenvalue weighted by molar-refractivity contribution is 5.75. The molecule has 1 rings (SSSR count). The molecule has 2 N–H and O–H groups in total. The molecule has 1 unspecified atom stereocenters. The molecule has 0 aromatic rings. The first-order chi connectivity index (χ1) is 5.74. The average Bonchev–Trinajstić information content (AvgIpc) is 2.83. The van der Waals surface area contributed by atoms with Crippen LogP contribution in [-0.4, -0.2) is 32.3 Å². The molecule has 4 heteroatoms. The van der Waals surface area contributed by atoms with Gasteiger partial charge in [-0.3, -0.25) is 4.79 Å². The number of hydrogen-bond acceptors (Lipinski definition) is 4. The summed E-state index contributed by atoms with van der Waals surface area (Å²) in [6, 6.07) is -0.631. The lowest BCUT2D eigenvalue weighted by atomic mass is 10.3. The average molecular weight is 173 g/mol. The van der Waals surface area contributed by atoms with Gasteiger partial charge in [0, 0.05) is 7.11 Å². The number of carbonyl (C=O) groups excluding carboxylic acids is 1. The van der Waals surface area contributed by atoms with Gasteiger partial charge in [-0.2, -0.15) is 0 Å². The molecule has 1 saturated carbocycles. The molecule has 1 fully saturated rings. The fourth-order valence-corrected chi connectivity index (χ4v) is 0.839. The minimum atomic E-state index is -0.631. The fourth-order valence-electron chi connectivity index (χ4n) is 0.839. The van der Waals surface area contributed by atoms with Gasteiger partial charge in [-0.05, 0) is 18.8 Å². The third kappa shape index (κ3) is 3.19. The first kappa shape index (κ1) is 9.48. The maximum atomic E-state index is 11.0. The lowest BCUT2D eigenvalue weighted by Crippen LogP contribution is -2.36. The van der Waals surface area contributed by atoms with E-state index in [0.717, 1.165) is 0 Å². The molecule has 1 atom stereocenters. The van der Waals surface area contributed by atoms with Gasteiger partial charge < -0.3 is 15.2 Å². The van der Waals surface area contributed by atoms with Gasteiger partial charge in [-0.1, -0.05) is 0 Å². The van der Waals surface area contributed by atoms with Crippen molar-refractivity contribution in [2.45, 2.75) is 18.9 Å². The van der Waals surface area contributed by atoms with E-state index in [9.17, 15) is 4.79 Å². The van der Waals surface area contributed by atoms with E-state index < -0.39 is 6.04 Å². The molecule has 0 radical (unpaired) electrons. The summed E-state index contributed by atoms with van der Waals surface area (Å²) in [6.07, 6.45) is 2.35. The Morgan fingerprint density at radius 2 is 2.33 bits per heavy atom. The zero-order valence-electron chi connectivity index (χ0n) is 7.29. The summed E-state index contributed by atoms with van der Waals surface area (Å²) in [4.78, 5) is 11.0. The number of hydrogen-bond donors (Lipinski definition) is 1. The maximum absolute atomic E-state index is 11.0. The molecule has 4 nitrogen and oxygen atoms in total. The summed E-state index contributed by atoms with van der Waals surface area (Å²) in [5, 5.41) is 0. The van der Waals surface area contributed by atoms with Crippen LogP contribution in [0.1, 0.15) is 12.8 Å². The van der Waals surface area contributed by atoms with Gasteiger partial charge in [0.05, 0.1) is 13.2 Å². The maximum Gasteiger partial charge on any atom is 0.325 e. The summed E-state index contributed by atoms with van der Waals surface area (Å²) in [5.41, 5.74) is 5.43. The van der Waals surface area contributed by atoms with Crippen molar-refractivity contribution in [3.8, 4) is 0 Å². The highest BCUT2D eigenvalue weighted by atomic mass is 16.5. The van der Waals surface area contributed by atoms with Crippen molar-refractivity contribution >= 4 is 5.97 Å². The second-order valence-corrected chi connectivity index (χ2v) is 3.14. The predicted octanol–water partition coefficient (Wildman–Crippen LogP) is -0.0867. The van der Waals surface area contributed by atoms with Crippen molar-refractivity contribution in [2.24, 2.45) is 11.7 Å². The number of methoxy groups -OCH3 is 1. The Labute approximate surface area is 72.0 Å². The van der Waals surface area contributed by atoms with E-state index in [1.54, 1.807) is 0 Å². The number of ether oxygens (including phenoxy) is 2. The Morgan fingerprint density at radius 3 is 2.83 bits per heavy atom. The molecule has 12 heavy (non-hydrogen) atoms. The monoisotopic (exact) mass is 173 g/mol. The number of carbonyl (C=O) groups is 1. The van der Waals surface area contributed by atoms with Crippen molar-refractivity contribution in [1.29, 1.82) is 0 Å². The van der Waals surface area contributed by atoms with Gasteiger partial charge in [-0.25, -0.2) is 0 Å². The first-order valence-corrected chi connectivity index (χ1v) is 4.15. The molecule has 0 amide bonds. The topological polar surface area (TPSA) is 61.5 Å². The molecular weight excluding hydrogens is 158 g/mol. The van der Waals surface area contributed by atoms with Gasteiger partial charge in [0.1, 0.15) is 6.04 Å². The number of nitrogens with two attached hydrogens (primary N) is 1. The van der Waals surface area contributed by atoms with Crippen LogP contribution in [0, 0.1) is 5.92 Å². The van der Waals surface area contributed by atoms with E-state index in [1.165, 1.54) is 20.0 Å². The van der Waals surface area contributed by atoms with Crippen LogP contribution in [0.2, 0.25) is 0 Å². The van der Waals surface area contributed by atoms with E-state index in [-0.39, 0.29) is 12.6 Å². The molecule has 0 bridgehead atoms. The van der Waals surface area contributed by atoms with E-state index in [0.29, 0.717) is 12.5 Å². The van der Waals surface area contributed by atoms with Gasteiger partial charge in [0.25, 0.3) is 0 Å². The minimum absolute atomic E-state index is 0.226. The van der Waals surface area contributed by atoms with Crippen molar-refractivity contribution < 1.29 is 14.3 Å². The van der Waals surface area contributed by atoms with Crippen molar-refractivity contribution in [2.75, 3.05) is 20.3 Å². The van der Waals surface area contributed by atoms with Gasteiger partial charge in [0.15, 0.2) is 0 Å². The fraction of sp³-hybridized carbons (Fsp3) is 0.875. The Balaban J connectivity index is 2.07. The summed E-state index contributed by atoms with van der Waals surface area (Å²) >= 11 is 0. The molecule has 0 heterocycles. The molecule has 0 aliphatic heterocycles.